The van der Waals surface area contributed by atoms with Crippen LogP contribution in [0.5, 0.6) is 0 Å². The molecule has 1 atom stereocenters. The molecule has 0 saturated heterocycles. The van der Waals surface area contributed by atoms with E-state index in [0.29, 0.717) is 17.9 Å². The molecule has 1 unspecified atom stereocenters. The zero-order chi connectivity index (χ0) is 10.6. The summed E-state index contributed by atoms with van der Waals surface area (Å²) in [5.74, 6) is 0.112. The van der Waals surface area contributed by atoms with Crippen LogP contribution in [0.3, 0.4) is 0 Å². The van der Waals surface area contributed by atoms with E-state index in [2.05, 4.69) is 0 Å². The molecule has 0 aliphatic heterocycles. The summed E-state index contributed by atoms with van der Waals surface area (Å²) in [5, 5.41) is 0.625. The fourth-order valence-corrected chi connectivity index (χ4v) is 2.13. The lowest BCUT2D eigenvalue weighted by Gasteiger charge is -2.30. The molecule has 0 aromatic carbocycles. The molecule has 3 heteroatoms. The third-order valence-electron chi connectivity index (χ3n) is 2.77. The van der Waals surface area contributed by atoms with Gasteiger partial charge in [-0.1, -0.05) is 17.7 Å². The molecule has 0 N–H and O–H groups in total. The molecule has 0 saturated carbocycles. The van der Waals surface area contributed by atoms with Gasteiger partial charge in [0.1, 0.15) is 12.1 Å². The summed E-state index contributed by atoms with van der Waals surface area (Å²) in [4.78, 5) is 21.9. The van der Waals surface area contributed by atoms with E-state index in [-0.39, 0.29) is 5.78 Å². The first kappa shape index (κ1) is 11.4. The third kappa shape index (κ3) is 2.44. The predicted octanol–water partition coefficient (Wildman–Crippen LogP) is 2.85. The highest BCUT2D eigenvalue weighted by atomic mass is 35.5. The maximum Gasteiger partial charge on any atom is 0.131 e. The molecule has 0 spiro atoms. The second-order valence-electron chi connectivity index (χ2n) is 3.92. The summed E-state index contributed by atoms with van der Waals surface area (Å²) in [6.45, 7) is 1.54. The average molecular weight is 215 g/mol. The highest BCUT2D eigenvalue weighted by molar-refractivity contribution is 6.31. The Labute approximate surface area is 89.3 Å². The topological polar surface area (TPSA) is 34.1 Å². The van der Waals surface area contributed by atoms with Gasteiger partial charge in [0.25, 0.3) is 0 Å². The van der Waals surface area contributed by atoms with Crippen molar-refractivity contribution in [2.24, 2.45) is 5.41 Å². The summed E-state index contributed by atoms with van der Waals surface area (Å²) >= 11 is 6.04. The SMILES string of the molecule is CC(=O)CCC1(C=O)CCCC=C1Cl. The van der Waals surface area contributed by atoms with Gasteiger partial charge in [0.15, 0.2) is 0 Å². The van der Waals surface area contributed by atoms with Crippen LogP contribution in [-0.2, 0) is 9.59 Å². The molecular weight excluding hydrogens is 200 g/mol. The van der Waals surface area contributed by atoms with Crippen molar-refractivity contribution in [1.82, 2.24) is 0 Å². The second-order valence-corrected chi connectivity index (χ2v) is 4.33. The maximum atomic E-state index is 11.1. The number of allylic oxidation sites excluding steroid dienone is 2. The summed E-state index contributed by atoms with van der Waals surface area (Å²) in [5.41, 5.74) is -0.564. The van der Waals surface area contributed by atoms with Gasteiger partial charge in [0, 0.05) is 11.5 Å². The first-order valence-electron chi connectivity index (χ1n) is 4.93. The van der Waals surface area contributed by atoms with Gasteiger partial charge >= 0.3 is 0 Å². The van der Waals surface area contributed by atoms with E-state index >= 15 is 0 Å². The normalized spacial score (nSPS) is 26.9. The summed E-state index contributed by atoms with van der Waals surface area (Å²) in [6, 6.07) is 0. The van der Waals surface area contributed by atoms with Crippen LogP contribution in [0.1, 0.15) is 39.0 Å². The molecule has 1 aliphatic carbocycles. The fourth-order valence-electron chi connectivity index (χ4n) is 1.79. The van der Waals surface area contributed by atoms with Crippen molar-refractivity contribution in [3.63, 3.8) is 0 Å². The van der Waals surface area contributed by atoms with Gasteiger partial charge in [0.2, 0.25) is 0 Å². The highest BCUT2D eigenvalue weighted by Gasteiger charge is 2.34. The van der Waals surface area contributed by atoms with Crippen LogP contribution in [-0.4, -0.2) is 12.1 Å². The van der Waals surface area contributed by atoms with Crippen molar-refractivity contribution in [2.75, 3.05) is 0 Å². The Hall–Kier alpha value is -0.630. The summed E-state index contributed by atoms with van der Waals surface area (Å²) < 4.78 is 0. The van der Waals surface area contributed by atoms with Crippen LogP contribution >= 0.6 is 11.6 Å². The quantitative estimate of drug-likeness (QED) is 0.675. The van der Waals surface area contributed by atoms with Crippen molar-refractivity contribution < 1.29 is 9.59 Å². The third-order valence-corrected chi connectivity index (χ3v) is 3.31. The highest BCUT2D eigenvalue weighted by Crippen LogP contribution is 2.41. The summed E-state index contributed by atoms with van der Waals surface area (Å²) in [7, 11) is 0. The van der Waals surface area contributed by atoms with Gasteiger partial charge in [-0.15, -0.1) is 0 Å². The van der Waals surface area contributed by atoms with Gasteiger partial charge in [-0.05, 0) is 32.6 Å². The van der Waals surface area contributed by atoms with Gasteiger partial charge in [-0.3, -0.25) is 0 Å². The number of halogens is 1. The number of carbonyl (C=O) groups excluding carboxylic acids is 2. The Kier molecular flexibility index (Phi) is 3.87. The van der Waals surface area contributed by atoms with E-state index in [1.54, 1.807) is 6.92 Å². The van der Waals surface area contributed by atoms with Crippen molar-refractivity contribution in [3.05, 3.63) is 11.1 Å². The molecule has 0 fully saturated rings. The number of ketones is 1. The van der Waals surface area contributed by atoms with Crippen LogP contribution in [0.2, 0.25) is 0 Å². The predicted molar refractivity (Wildman–Crippen MR) is 56.2 cm³/mol. The first-order valence-corrected chi connectivity index (χ1v) is 5.30. The number of aldehydes is 1. The Bertz CT molecular complexity index is 270. The minimum Gasteiger partial charge on any atom is -0.302 e. The zero-order valence-corrected chi connectivity index (χ0v) is 9.14. The van der Waals surface area contributed by atoms with Crippen LogP contribution < -0.4 is 0 Å². The van der Waals surface area contributed by atoms with E-state index in [4.69, 9.17) is 11.6 Å². The van der Waals surface area contributed by atoms with Crippen LogP contribution in [0.15, 0.2) is 11.1 Å². The molecule has 0 bridgehead atoms. The van der Waals surface area contributed by atoms with E-state index < -0.39 is 5.41 Å². The van der Waals surface area contributed by atoms with Gasteiger partial charge in [-0.25, -0.2) is 0 Å². The molecule has 0 radical (unpaired) electrons. The van der Waals surface area contributed by atoms with Gasteiger partial charge < -0.3 is 9.59 Å². The lowest BCUT2D eigenvalue weighted by molar-refractivity contribution is -0.118. The monoisotopic (exact) mass is 214 g/mol. The lowest BCUT2D eigenvalue weighted by Crippen LogP contribution is -2.26. The largest absolute Gasteiger partial charge is 0.302 e. The van der Waals surface area contributed by atoms with Crippen molar-refractivity contribution in [2.45, 2.75) is 39.0 Å². The second kappa shape index (κ2) is 4.74. The van der Waals surface area contributed by atoms with Crippen LogP contribution in [0.4, 0.5) is 0 Å². The van der Waals surface area contributed by atoms with E-state index in [1.807, 2.05) is 6.08 Å². The van der Waals surface area contributed by atoms with E-state index in [0.717, 1.165) is 25.5 Å². The van der Waals surface area contributed by atoms with Crippen molar-refractivity contribution in [3.8, 4) is 0 Å². The van der Waals surface area contributed by atoms with E-state index in [1.165, 1.54) is 0 Å². The number of rotatable bonds is 4. The number of hydrogen-bond donors (Lipinski definition) is 0. The standard InChI is InChI=1S/C11H15ClO2/c1-9(14)5-7-11(8-13)6-3-2-4-10(11)12/h4,8H,2-3,5-7H2,1H3. The lowest BCUT2D eigenvalue weighted by atomic mass is 9.76. The Morgan fingerprint density at radius 1 is 1.71 bits per heavy atom. The molecule has 0 heterocycles. The van der Waals surface area contributed by atoms with Crippen molar-refractivity contribution in [1.29, 1.82) is 0 Å². The molecule has 0 aromatic rings. The van der Waals surface area contributed by atoms with Crippen molar-refractivity contribution >= 4 is 23.7 Å². The van der Waals surface area contributed by atoms with Crippen LogP contribution in [0, 0.1) is 5.41 Å². The zero-order valence-electron chi connectivity index (χ0n) is 8.38. The molecule has 1 rings (SSSR count). The molecule has 1 aliphatic rings. The van der Waals surface area contributed by atoms with Crippen LogP contribution in [0.25, 0.3) is 0 Å². The average Bonchev–Trinajstić information content (AvgIpc) is 2.17. The molecule has 0 amide bonds. The molecule has 14 heavy (non-hydrogen) atoms. The molecule has 0 aromatic heterocycles. The minimum atomic E-state index is -0.564. The fraction of sp³-hybridized carbons (Fsp3) is 0.636. The number of Topliss-reactive ketones (excluding diaryl/α,β-unsaturated/α-hetero) is 1. The number of carbonyl (C=O) groups is 2. The first-order chi connectivity index (χ1) is 6.60. The molecule has 2 nitrogen and oxygen atoms in total. The molecular formula is C11H15ClO2. The minimum absolute atomic E-state index is 0.112. The Morgan fingerprint density at radius 3 is 2.93 bits per heavy atom. The smallest absolute Gasteiger partial charge is 0.131 e. The van der Waals surface area contributed by atoms with Gasteiger partial charge in [-0.2, -0.15) is 0 Å². The maximum absolute atomic E-state index is 11.1. The summed E-state index contributed by atoms with van der Waals surface area (Å²) in [6.07, 6.45) is 6.50. The Morgan fingerprint density at radius 2 is 2.43 bits per heavy atom. The number of hydrogen-bond acceptors (Lipinski definition) is 2. The molecule has 78 valence electrons. The van der Waals surface area contributed by atoms with E-state index in [9.17, 15) is 9.59 Å². The Balaban J connectivity index is 2.74. The van der Waals surface area contributed by atoms with Gasteiger partial charge in [0.05, 0.1) is 5.41 Å².